The van der Waals surface area contributed by atoms with Gasteiger partial charge in [0, 0.05) is 17.3 Å². The molecule has 0 radical (unpaired) electrons. The number of hydrogen-bond donors (Lipinski definition) is 2. The Morgan fingerprint density at radius 2 is 1.88 bits per heavy atom. The van der Waals surface area contributed by atoms with E-state index in [9.17, 15) is 18.0 Å². The molecule has 3 heterocycles. The van der Waals surface area contributed by atoms with E-state index in [1.165, 1.54) is 0 Å². The molecule has 1 aromatic carbocycles. The van der Waals surface area contributed by atoms with Gasteiger partial charge in [-0.1, -0.05) is 24.3 Å². The number of ether oxygens (including phenoxy) is 1. The first-order chi connectivity index (χ1) is 15.2. The zero-order chi connectivity index (χ0) is 22.9. The lowest BCUT2D eigenvalue weighted by molar-refractivity contribution is -0.139. The number of benzene rings is 1. The van der Waals surface area contributed by atoms with Gasteiger partial charge in [0.05, 0.1) is 37.7 Å². The maximum atomic E-state index is 13.1. The van der Waals surface area contributed by atoms with Crippen molar-refractivity contribution in [2.45, 2.75) is 19.1 Å². The lowest BCUT2D eigenvalue weighted by Gasteiger charge is -2.13. The first-order valence-corrected chi connectivity index (χ1v) is 9.54. The molecule has 0 unspecified atom stereocenters. The van der Waals surface area contributed by atoms with Crippen molar-refractivity contribution in [2.75, 3.05) is 12.4 Å². The van der Waals surface area contributed by atoms with Gasteiger partial charge in [-0.15, -0.1) is 0 Å². The van der Waals surface area contributed by atoms with Crippen molar-refractivity contribution >= 4 is 17.4 Å². The van der Waals surface area contributed by atoms with Gasteiger partial charge in [-0.25, -0.2) is 4.98 Å². The summed E-state index contributed by atoms with van der Waals surface area (Å²) in [5.41, 5.74) is 8.85. The number of rotatable bonds is 5. The Bertz CT molecular complexity index is 1210. The summed E-state index contributed by atoms with van der Waals surface area (Å²) < 4.78 is 44.0. The van der Waals surface area contributed by atoms with Gasteiger partial charge in [0.15, 0.2) is 0 Å². The van der Waals surface area contributed by atoms with Crippen LogP contribution in [-0.2, 0) is 23.9 Å². The van der Waals surface area contributed by atoms with Crippen molar-refractivity contribution in [3.63, 3.8) is 0 Å². The van der Waals surface area contributed by atoms with Gasteiger partial charge >= 0.3 is 6.18 Å². The Morgan fingerprint density at radius 1 is 1.12 bits per heavy atom. The maximum Gasteiger partial charge on any atom is 0.421 e. The van der Waals surface area contributed by atoms with E-state index in [0.29, 0.717) is 17.9 Å². The molecular formula is C22H18F3N5O2. The number of amidine groups is 1. The number of alkyl halides is 3. The summed E-state index contributed by atoms with van der Waals surface area (Å²) >= 11 is 0. The van der Waals surface area contributed by atoms with Crippen molar-refractivity contribution in [3.8, 4) is 17.0 Å². The fourth-order valence-electron chi connectivity index (χ4n) is 3.34. The van der Waals surface area contributed by atoms with Crippen molar-refractivity contribution < 1.29 is 22.7 Å². The summed E-state index contributed by atoms with van der Waals surface area (Å²) in [6, 6.07) is 9.93. The molecule has 0 bridgehead atoms. The fourth-order valence-corrected chi connectivity index (χ4v) is 3.34. The highest BCUT2D eigenvalue weighted by molar-refractivity contribution is 6.01. The molecule has 0 aliphatic carbocycles. The Kier molecular flexibility index (Phi) is 5.52. The number of nitrogens with zero attached hydrogens (tertiary/aromatic N) is 3. The van der Waals surface area contributed by atoms with Crippen LogP contribution in [0.1, 0.15) is 22.4 Å². The zero-order valence-corrected chi connectivity index (χ0v) is 16.9. The summed E-state index contributed by atoms with van der Waals surface area (Å²) in [4.78, 5) is 24.5. The van der Waals surface area contributed by atoms with Crippen LogP contribution in [-0.4, -0.2) is 28.8 Å². The van der Waals surface area contributed by atoms with Crippen LogP contribution in [0.4, 0.5) is 18.9 Å². The predicted octanol–water partition coefficient (Wildman–Crippen LogP) is 3.57. The maximum absolute atomic E-state index is 13.1. The van der Waals surface area contributed by atoms with Crippen LogP contribution in [0.3, 0.4) is 0 Å². The number of carbonyl (C=O) groups excluding carboxylic acids is 1. The molecule has 0 saturated heterocycles. The predicted molar refractivity (Wildman–Crippen MR) is 112 cm³/mol. The topological polar surface area (TPSA) is 102 Å². The van der Waals surface area contributed by atoms with Crippen molar-refractivity contribution in [2.24, 2.45) is 10.7 Å². The van der Waals surface area contributed by atoms with Crippen molar-refractivity contribution in [3.05, 3.63) is 71.2 Å². The third kappa shape index (κ3) is 4.39. The molecule has 0 atom stereocenters. The second kappa shape index (κ2) is 8.29. The summed E-state index contributed by atoms with van der Waals surface area (Å²) in [5.74, 6) is -0.564. The standard InChI is InChI=1S/C22H18F3N5O2/c1-32-21-17(22(23,24)25)8-15(10-29-21)30-19(31)6-12-2-4-13(5-3-12)14-7-16-18(27-9-14)11-28-20(16)26/h2-5,7-10H,6,11H2,1H3,(H2,26,28)(H,30,31). The summed E-state index contributed by atoms with van der Waals surface area (Å²) in [6.45, 7) is 0.476. The minimum absolute atomic E-state index is 0.0182. The van der Waals surface area contributed by atoms with E-state index in [1.54, 1.807) is 18.3 Å². The third-order valence-corrected chi connectivity index (χ3v) is 4.93. The monoisotopic (exact) mass is 441 g/mol. The van der Waals surface area contributed by atoms with Gasteiger partial charge < -0.3 is 15.8 Å². The molecular weight excluding hydrogens is 423 g/mol. The number of aliphatic imine (C=N–C) groups is 1. The molecule has 0 fully saturated rings. The number of nitrogens with one attached hydrogen (secondary N) is 1. The van der Waals surface area contributed by atoms with Crippen LogP contribution >= 0.6 is 0 Å². The number of nitrogens with two attached hydrogens (primary N) is 1. The number of halogens is 3. The average Bonchev–Trinajstić information content (AvgIpc) is 3.14. The summed E-state index contributed by atoms with van der Waals surface area (Å²) in [6.07, 6.45) is -1.82. The minimum Gasteiger partial charge on any atom is -0.481 e. The van der Waals surface area contributed by atoms with Gasteiger partial charge in [-0.3, -0.25) is 14.8 Å². The quantitative estimate of drug-likeness (QED) is 0.630. The second-order valence-electron chi connectivity index (χ2n) is 7.12. The van der Waals surface area contributed by atoms with Crippen LogP contribution in [0.5, 0.6) is 5.88 Å². The molecule has 164 valence electrons. The van der Waals surface area contributed by atoms with E-state index in [0.717, 1.165) is 41.8 Å². The van der Waals surface area contributed by atoms with Crippen LogP contribution in [0.15, 0.2) is 53.8 Å². The lowest BCUT2D eigenvalue weighted by atomic mass is 10.0. The molecule has 1 aliphatic rings. The van der Waals surface area contributed by atoms with E-state index in [1.807, 2.05) is 18.2 Å². The molecule has 0 saturated carbocycles. The SMILES string of the molecule is COc1ncc(NC(=O)Cc2ccc(-c3cnc4c(c3)C(N)=NC4)cc2)cc1C(F)(F)F. The minimum atomic E-state index is -4.65. The number of fused-ring (bicyclic) bond motifs is 1. The Hall–Kier alpha value is -3.95. The van der Waals surface area contributed by atoms with Crippen LogP contribution in [0.2, 0.25) is 0 Å². The van der Waals surface area contributed by atoms with E-state index < -0.39 is 23.5 Å². The Labute approximate surface area is 181 Å². The molecule has 2 aromatic heterocycles. The van der Waals surface area contributed by atoms with Gasteiger partial charge in [0.1, 0.15) is 11.4 Å². The molecule has 3 aromatic rings. The van der Waals surface area contributed by atoms with Gasteiger partial charge in [0.2, 0.25) is 11.8 Å². The molecule has 7 nitrogen and oxygen atoms in total. The number of amides is 1. The highest BCUT2D eigenvalue weighted by atomic mass is 19.4. The number of carbonyl (C=O) groups is 1. The molecule has 10 heteroatoms. The summed E-state index contributed by atoms with van der Waals surface area (Å²) in [5, 5.41) is 2.44. The number of pyridine rings is 2. The first-order valence-electron chi connectivity index (χ1n) is 9.54. The molecule has 32 heavy (non-hydrogen) atoms. The highest BCUT2D eigenvalue weighted by Crippen LogP contribution is 2.36. The average molecular weight is 441 g/mol. The smallest absolute Gasteiger partial charge is 0.421 e. The van der Waals surface area contributed by atoms with Crippen LogP contribution < -0.4 is 15.8 Å². The largest absolute Gasteiger partial charge is 0.481 e. The van der Waals surface area contributed by atoms with Gasteiger partial charge in [0.25, 0.3) is 0 Å². The zero-order valence-electron chi connectivity index (χ0n) is 16.9. The van der Waals surface area contributed by atoms with Crippen LogP contribution in [0.25, 0.3) is 11.1 Å². The molecule has 1 amide bonds. The van der Waals surface area contributed by atoms with E-state index >= 15 is 0 Å². The number of aromatic nitrogens is 2. The number of methoxy groups -OCH3 is 1. The van der Waals surface area contributed by atoms with E-state index in [2.05, 4.69) is 25.0 Å². The molecule has 1 aliphatic heterocycles. The number of hydrogen-bond acceptors (Lipinski definition) is 6. The van der Waals surface area contributed by atoms with Crippen molar-refractivity contribution in [1.82, 2.24) is 9.97 Å². The first kappa shape index (κ1) is 21.3. The Morgan fingerprint density at radius 3 is 2.56 bits per heavy atom. The van der Waals surface area contributed by atoms with Crippen molar-refractivity contribution in [1.29, 1.82) is 0 Å². The number of anilines is 1. The van der Waals surface area contributed by atoms with Gasteiger partial charge in [-0.2, -0.15) is 13.2 Å². The van der Waals surface area contributed by atoms with Crippen LogP contribution in [0, 0.1) is 0 Å². The van der Waals surface area contributed by atoms with E-state index in [-0.39, 0.29) is 12.1 Å². The second-order valence-corrected chi connectivity index (χ2v) is 7.12. The fraction of sp³-hybridized carbons (Fsp3) is 0.182. The summed E-state index contributed by atoms with van der Waals surface area (Å²) in [7, 11) is 1.10. The lowest BCUT2D eigenvalue weighted by Crippen LogP contribution is -2.16. The highest BCUT2D eigenvalue weighted by Gasteiger charge is 2.35. The third-order valence-electron chi connectivity index (χ3n) is 4.93. The van der Waals surface area contributed by atoms with Gasteiger partial charge in [-0.05, 0) is 23.3 Å². The molecule has 4 rings (SSSR count). The molecule has 0 spiro atoms. The van der Waals surface area contributed by atoms with E-state index in [4.69, 9.17) is 5.73 Å². The Balaban J connectivity index is 1.45. The molecule has 3 N–H and O–H groups in total. The normalized spacial score (nSPS) is 12.8.